The molecule has 0 spiro atoms. The van der Waals surface area contributed by atoms with Crippen LogP contribution in [0.2, 0.25) is 0 Å². The molecule has 10 N–H and O–H groups in total. The van der Waals surface area contributed by atoms with Gasteiger partial charge in [0.15, 0.2) is 0 Å². The minimum absolute atomic E-state index is 0. The predicted molar refractivity (Wildman–Crippen MR) is 18.1 cm³/mol. The van der Waals surface area contributed by atoms with Crippen LogP contribution in [0.15, 0.2) is 0 Å². The van der Waals surface area contributed by atoms with Gasteiger partial charge in [-0.2, -0.15) is 0 Å². The molecule has 5 nitrogen and oxygen atoms in total. The Morgan fingerprint density at radius 1 is 0.333 bits per heavy atom. The van der Waals surface area contributed by atoms with Gasteiger partial charge in [0, 0.05) is 22.4 Å². The second kappa shape index (κ2) is 391. The molecule has 1 radical (unpaired) electrons. The first kappa shape index (κ1) is 688. The standard InChI is InChI=1S/Ag.5H2O/h;5*1H2. The van der Waals surface area contributed by atoms with Crippen molar-refractivity contribution in [3.05, 3.63) is 0 Å². The van der Waals surface area contributed by atoms with E-state index < -0.39 is 0 Å². The summed E-state index contributed by atoms with van der Waals surface area (Å²) in [5, 5.41) is 0. The Hall–Kier alpha value is 0.540. The van der Waals surface area contributed by atoms with Crippen molar-refractivity contribution in [2.24, 2.45) is 0 Å². The molecule has 0 heterocycles. The Balaban J connectivity index is 0. The van der Waals surface area contributed by atoms with Gasteiger partial charge >= 0.3 is 0 Å². The molecular weight excluding hydrogens is 188 g/mol. The minimum atomic E-state index is 0. The second-order valence-corrected chi connectivity index (χ2v) is 0. The van der Waals surface area contributed by atoms with Gasteiger partial charge in [0.1, 0.15) is 0 Å². The number of hydrogen-bond donors (Lipinski definition) is 0. The molecule has 0 rings (SSSR count). The van der Waals surface area contributed by atoms with E-state index in [0.29, 0.717) is 0 Å². The van der Waals surface area contributed by atoms with Crippen LogP contribution in [0.5, 0.6) is 0 Å². The average Bonchev–Trinajstić information content (AvgIpc) is 0. The van der Waals surface area contributed by atoms with E-state index in [0.717, 1.165) is 0 Å². The first-order valence-corrected chi connectivity index (χ1v) is 0. The molecule has 0 aromatic carbocycles. The molecule has 0 aliphatic rings. The van der Waals surface area contributed by atoms with Gasteiger partial charge < -0.3 is 27.4 Å². The van der Waals surface area contributed by atoms with Crippen LogP contribution in [0, 0.1) is 0 Å². The molecule has 0 bridgehead atoms. The molecule has 0 aromatic heterocycles. The third-order valence-corrected chi connectivity index (χ3v) is 0. The van der Waals surface area contributed by atoms with E-state index in [1.54, 1.807) is 0 Å². The van der Waals surface area contributed by atoms with Crippen molar-refractivity contribution in [2.45, 2.75) is 0 Å². The Morgan fingerprint density at radius 2 is 0.333 bits per heavy atom. The topological polar surface area (TPSA) is 158 Å². The van der Waals surface area contributed by atoms with Crippen LogP contribution >= 0.6 is 0 Å². The maximum absolute atomic E-state index is 0. The molecular formula is H10AgO5. The molecule has 0 aliphatic heterocycles. The Labute approximate surface area is 50.4 Å². The second-order valence-electron chi connectivity index (χ2n) is 0. The molecule has 0 saturated heterocycles. The Bertz CT molecular complexity index is 3.90. The van der Waals surface area contributed by atoms with E-state index in [-0.39, 0.29) is 49.8 Å². The SMILES string of the molecule is O.O.O.O.O.[Ag]. The molecule has 51 valence electrons. The van der Waals surface area contributed by atoms with Crippen molar-refractivity contribution in [1.82, 2.24) is 0 Å². The maximum Gasteiger partial charge on any atom is 0 e. The van der Waals surface area contributed by atoms with E-state index in [1.807, 2.05) is 0 Å². The first-order valence-electron chi connectivity index (χ1n) is 0. The third kappa shape index (κ3) is 195. The molecule has 0 aliphatic carbocycles. The van der Waals surface area contributed by atoms with Crippen LogP contribution in [0.1, 0.15) is 0 Å². The molecule has 0 fully saturated rings. The van der Waals surface area contributed by atoms with E-state index >= 15 is 0 Å². The van der Waals surface area contributed by atoms with Crippen molar-refractivity contribution in [2.75, 3.05) is 0 Å². The summed E-state index contributed by atoms with van der Waals surface area (Å²) in [7, 11) is 0. The number of rotatable bonds is 0. The van der Waals surface area contributed by atoms with E-state index in [1.165, 1.54) is 0 Å². The zero-order chi connectivity index (χ0) is 0. The zero-order valence-corrected chi connectivity index (χ0v) is 4.28. The molecule has 6 heteroatoms. The van der Waals surface area contributed by atoms with Gasteiger partial charge in [0.2, 0.25) is 0 Å². The van der Waals surface area contributed by atoms with E-state index in [9.17, 15) is 0 Å². The fourth-order valence-electron chi connectivity index (χ4n) is 0. The third-order valence-electron chi connectivity index (χ3n) is 0. The van der Waals surface area contributed by atoms with Gasteiger partial charge in [0.05, 0.1) is 0 Å². The first-order chi connectivity index (χ1) is 0. The Morgan fingerprint density at radius 3 is 0.333 bits per heavy atom. The monoisotopic (exact) mass is 197 g/mol. The zero-order valence-electron chi connectivity index (χ0n) is 2.80. The van der Waals surface area contributed by atoms with Gasteiger partial charge in [-0.15, -0.1) is 0 Å². The smallest absolute Gasteiger partial charge is 0 e. The molecule has 0 unspecified atom stereocenters. The van der Waals surface area contributed by atoms with E-state index in [4.69, 9.17) is 0 Å². The van der Waals surface area contributed by atoms with Gasteiger partial charge in [0.25, 0.3) is 0 Å². The fraction of sp³-hybridized carbons (Fsp3) is 0. The fourth-order valence-corrected chi connectivity index (χ4v) is 0. The van der Waals surface area contributed by atoms with Crippen molar-refractivity contribution in [1.29, 1.82) is 0 Å². The van der Waals surface area contributed by atoms with Crippen LogP contribution in [0.4, 0.5) is 0 Å². The van der Waals surface area contributed by atoms with Crippen LogP contribution in [0.3, 0.4) is 0 Å². The van der Waals surface area contributed by atoms with Crippen molar-refractivity contribution in [3.8, 4) is 0 Å². The molecule has 0 amide bonds. The van der Waals surface area contributed by atoms with Gasteiger partial charge in [-0.1, -0.05) is 0 Å². The van der Waals surface area contributed by atoms with Gasteiger partial charge in [-0.3, -0.25) is 0 Å². The molecule has 0 saturated carbocycles. The minimum Gasteiger partial charge on any atom is -0.412 e. The average molecular weight is 198 g/mol. The van der Waals surface area contributed by atoms with Crippen LogP contribution < -0.4 is 0 Å². The summed E-state index contributed by atoms with van der Waals surface area (Å²) >= 11 is 0. The van der Waals surface area contributed by atoms with Gasteiger partial charge in [-0.05, 0) is 0 Å². The van der Waals surface area contributed by atoms with Crippen molar-refractivity contribution >= 4 is 0 Å². The summed E-state index contributed by atoms with van der Waals surface area (Å²) in [6, 6.07) is 0. The normalized spacial score (nSPS) is 0. The summed E-state index contributed by atoms with van der Waals surface area (Å²) in [6.45, 7) is 0. The van der Waals surface area contributed by atoms with E-state index in [2.05, 4.69) is 0 Å². The van der Waals surface area contributed by atoms with Crippen LogP contribution in [0.25, 0.3) is 0 Å². The van der Waals surface area contributed by atoms with Gasteiger partial charge in [-0.25, -0.2) is 0 Å². The summed E-state index contributed by atoms with van der Waals surface area (Å²) in [4.78, 5) is 0. The molecule has 0 atom stereocenters. The Kier molecular flexibility index (Phi) is 44900. The van der Waals surface area contributed by atoms with Crippen molar-refractivity contribution < 1.29 is 49.8 Å². The largest absolute Gasteiger partial charge is 0.412 e. The van der Waals surface area contributed by atoms with Crippen molar-refractivity contribution in [3.63, 3.8) is 0 Å². The summed E-state index contributed by atoms with van der Waals surface area (Å²) < 4.78 is 0. The van der Waals surface area contributed by atoms with Crippen LogP contribution in [-0.2, 0) is 22.4 Å². The summed E-state index contributed by atoms with van der Waals surface area (Å²) in [6.07, 6.45) is 0. The summed E-state index contributed by atoms with van der Waals surface area (Å²) in [5.41, 5.74) is 0. The molecule has 0 aromatic rings. The number of hydrogen-bond acceptors (Lipinski definition) is 0. The van der Waals surface area contributed by atoms with Crippen LogP contribution in [-0.4, -0.2) is 27.4 Å². The molecule has 6 heavy (non-hydrogen) atoms. The summed E-state index contributed by atoms with van der Waals surface area (Å²) in [5.74, 6) is 0. The predicted octanol–water partition coefficient (Wildman–Crippen LogP) is -4.13. The quantitative estimate of drug-likeness (QED) is 0.346. The maximum atomic E-state index is 0.